The highest BCUT2D eigenvalue weighted by molar-refractivity contribution is 6.02. The summed E-state index contributed by atoms with van der Waals surface area (Å²) >= 11 is 0. The maximum Gasteiger partial charge on any atom is 0.291 e. The number of carbonyl (C=O) groups excluding carboxylic acids is 3. The third-order valence-electron chi connectivity index (χ3n) is 6.28. The summed E-state index contributed by atoms with van der Waals surface area (Å²) in [6.45, 7) is -0.0295. The maximum atomic E-state index is 13.1. The highest BCUT2D eigenvalue weighted by atomic mass is 16.5. The largest absolute Gasteiger partial charge is 0.489 e. The van der Waals surface area contributed by atoms with Crippen LogP contribution in [0.3, 0.4) is 0 Å². The van der Waals surface area contributed by atoms with Crippen LogP contribution in [0, 0.1) is 5.92 Å². The number of allylic oxidation sites excluding steroid dienone is 1. The van der Waals surface area contributed by atoms with Gasteiger partial charge < -0.3 is 15.0 Å². The number of nitrogens with zero attached hydrogens (tertiary/aromatic N) is 3. The number of anilines is 1. The minimum absolute atomic E-state index is 0.0295. The van der Waals surface area contributed by atoms with Gasteiger partial charge in [-0.15, -0.1) is 5.10 Å². The lowest BCUT2D eigenvalue weighted by Crippen LogP contribution is -2.49. The predicted octanol–water partition coefficient (Wildman–Crippen LogP) is 2.93. The lowest BCUT2D eigenvalue weighted by atomic mass is 10.1. The van der Waals surface area contributed by atoms with Gasteiger partial charge >= 0.3 is 0 Å². The predicted molar refractivity (Wildman–Crippen MR) is 134 cm³/mol. The van der Waals surface area contributed by atoms with Gasteiger partial charge in [0.05, 0.1) is 5.69 Å². The summed E-state index contributed by atoms with van der Waals surface area (Å²) in [5, 5.41) is 9.47. The summed E-state index contributed by atoms with van der Waals surface area (Å²) in [6.07, 6.45) is 6.70. The van der Waals surface area contributed by atoms with Gasteiger partial charge in [0.15, 0.2) is 5.78 Å². The molecular weight excluding hydrogens is 458 g/mol. The Hall–Kier alpha value is -4.27. The van der Waals surface area contributed by atoms with Crippen LogP contribution in [0.15, 0.2) is 54.6 Å². The van der Waals surface area contributed by atoms with Crippen molar-refractivity contribution in [2.75, 3.05) is 18.6 Å². The molecule has 2 aliphatic rings. The number of likely N-dealkylation sites (N-methyl/N-ethyl adjacent to an activating group) is 1. The summed E-state index contributed by atoms with van der Waals surface area (Å²) in [5.74, 6) is 0.780. The normalized spacial score (nSPS) is 17.4. The number of nitrogens with one attached hydrogen (secondary N) is 2. The van der Waals surface area contributed by atoms with Crippen LogP contribution in [-0.2, 0) is 16.0 Å². The van der Waals surface area contributed by atoms with Crippen LogP contribution < -0.4 is 15.0 Å². The Morgan fingerprint density at radius 1 is 1.19 bits per heavy atom. The molecule has 5 rings (SSSR count). The molecule has 0 bridgehead atoms. The molecule has 1 fully saturated rings. The molecule has 2 heterocycles. The molecule has 1 aliphatic carbocycles. The second-order valence-corrected chi connectivity index (χ2v) is 9.18. The van der Waals surface area contributed by atoms with E-state index < -0.39 is 11.9 Å². The van der Waals surface area contributed by atoms with E-state index in [1.165, 1.54) is 4.90 Å². The van der Waals surface area contributed by atoms with Crippen molar-refractivity contribution in [2.24, 2.45) is 5.92 Å². The molecule has 36 heavy (non-hydrogen) atoms. The molecule has 1 atom stereocenters. The first-order valence-electron chi connectivity index (χ1n) is 12.0. The van der Waals surface area contributed by atoms with E-state index in [-0.39, 0.29) is 24.1 Å². The van der Waals surface area contributed by atoms with E-state index in [0.717, 1.165) is 24.0 Å². The molecule has 1 saturated carbocycles. The van der Waals surface area contributed by atoms with Crippen molar-refractivity contribution in [1.29, 1.82) is 0 Å². The van der Waals surface area contributed by atoms with Gasteiger partial charge in [0.1, 0.15) is 24.2 Å². The zero-order valence-corrected chi connectivity index (χ0v) is 19.9. The number of aromatic amines is 1. The second-order valence-electron chi connectivity index (χ2n) is 9.18. The summed E-state index contributed by atoms with van der Waals surface area (Å²) < 4.78 is 5.85. The van der Waals surface area contributed by atoms with Crippen molar-refractivity contribution in [2.45, 2.75) is 31.7 Å². The van der Waals surface area contributed by atoms with Gasteiger partial charge in [0.25, 0.3) is 11.8 Å². The molecular formula is C27H27N5O4. The topological polar surface area (TPSA) is 117 Å². The molecule has 9 nitrogen and oxygen atoms in total. The third-order valence-corrected chi connectivity index (χ3v) is 6.28. The molecule has 2 N–H and O–H groups in total. The SMILES string of the molecule is CN1C(=O)C(NC(=O)c2n[nH]c(Cc3ccccc3)n2)COc2ccc(/C=C/C(=O)CC3CC3)cc21. The first-order chi connectivity index (χ1) is 17.5. The van der Waals surface area contributed by atoms with Crippen molar-refractivity contribution in [3.05, 3.63) is 77.4 Å². The first-order valence-corrected chi connectivity index (χ1v) is 12.0. The fourth-order valence-electron chi connectivity index (χ4n) is 4.07. The number of aromatic nitrogens is 3. The lowest BCUT2D eigenvalue weighted by molar-refractivity contribution is -0.120. The number of benzene rings is 2. The molecule has 184 valence electrons. The van der Waals surface area contributed by atoms with Crippen molar-refractivity contribution in [3.8, 4) is 5.75 Å². The lowest BCUT2D eigenvalue weighted by Gasteiger charge is -2.20. The molecule has 3 aromatic rings. The fraction of sp³-hybridized carbons (Fsp3) is 0.296. The van der Waals surface area contributed by atoms with Crippen molar-refractivity contribution in [3.63, 3.8) is 0 Å². The van der Waals surface area contributed by atoms with Crippen LogP contribution in [-0.4, -0.2) is 52.5 Å². The Labute approximate surface area is 208 Å². The number of ether oxygens (including phenoxy) is 1. The number of carbonyl (C=O) groups is 3. The summed E-state index contributed by atoms with van der Waals surface area (Å²) in [5.41, 5.74) is 2.39. The zero-order chi connectivity index (χ0) is 25.1. The average Bonchev–Trinajstić information content (AvgIpc) is 3.60. The Kier molecular flexibility index (Phi) is 6.62. The van der Waals surface area contributed by atoms with E-state index in [2.05, 4.69) is 20.5 Å². The highest BCUT2D eigenvalue weighted by Crippen LogP contribution is 2.33. The third kappa shape index (κ3) is 5.51. The highest BCUT2D eigenvalue weighted by Gasteiger charge is 2.31. The smallest absolute Gasteiger partial charge is 0.291 e. The maximum absolute atomic E-state index is 13.1. The van der Waals surface area contributed by atoms with Crippen molar-refractivity contribution >= 4 is 29.4 Å². The van der Waals surface area contributed by atoms with E-state index in [1.807, 2.05) is 36.4 Å². The molecule has 0 spiro atoms. The van der Waals surface area contributed by atoms with E-state index in [0.29, 0.717) is 36.0 Å². The van der Waals surface area contributed by atoms with Crippen LogP contribution >= 0.6 is 0 Å². The van der Waals surface area contributed by atoms with Gasteiger partial charge in [-0.05, 0) is 48.1 Å². The molecule has 0 radical (unpaired) electrons. The average molecular weight is 486 g/mol. The van der Waals surface area contributed by atoms with Gasteiger partial charge in [0, 0.05) is 19.9 Å². The van der Waals surface area contributed by atoms with Crippen molar-refractivity contribution < 1.29 is 19.1 Å². The van der Waals surface area contributed by atoms with Gasteiger partial charge in [-0.1, -0.05) is 42.5 Å². The molecule has 9 heteroatoms. The van der Waals surface area contributed by atoms with Crippen LogP contribution in [0.25, 0.3) is 6.08 Å². The number of rotatable bonds is 8. The Morgan fingerprint density at radius 2 is 2.00 bits per heavy atom. The van der Waals surface area contributed by atoms with Gasteiger partial charge in [-0.25, -0.2) is 4.98 Å². The van der Waals surface area contributed by atoms with Crippen LogP contribution in [0.4, 0.5) is 5.69 Å². The minimum Gasteiger partial charge on any atom is -0.489 e. The number of H-pyrrole nitrogens is 1. The molecule has 2 amide bonds. The number of ketones is 1. The summed E-state index contributed by atoms with van der Waals surface area (Å²) in [4.78, 5) is 43.7. The standard InChI is InChI=1S/C27H27N5O4/c1-32-22-14-19(9-11-20(33)13-18-7-8-18)10-12-23(22)36-16-21(27(32)35)28-26(34)25-29-24(30-31-25)15-17-5-3-2-4-6-17/h2-6,9-12,14,18,21H,7-8,13,15-16H2,1H3,(H,28,34)(H,29,30,31)/b11-9+. The summed E-state index contributed by atoms with van der Waals surface area (Å²) in [6, 6.07) is 14.2. The summed E-state index contributed by atoms with van der Waals surface area (Å²) in [7, 11) is 1.63. The van der Waals surface area contributed by atoms with Crippen LogP contribution in [0.2, 0.25) is 0 Å². The van der Waals surface area contributed by atoms with E-state index in [4.69, 9.17) is 4.74 Å². The molecule has 1 aromatic heterocycles. The Morgan fingerprint density at radius 3 is 2.78 bits per heavy atom. The number of hydrogen-bond donors (Lipinski definition) is 2. The quantitative estimate of drug-likeness (QED) is 0.474. The number of fused-ring (bicyclic) bond motifs is 1. The second kappa shape index (κ2) is 10.2. The van der Waals surface area contributed by atoms with Crippen LogP contribution in [0.1, 0.15) is 46.8 Å². The number of hydrogen-bond acceptors (Lipinski definition) is 6. The van der Waals surface area contributed by atoms with E-state index in [1.54, 1.807) is 31.3 Å². The van der Waals surface area contributed by atoms with Crippen LogP contribution in [0.5, 0.6) is 5.75 Å². The monoisotopic (exact) mass is 485 g/mol. The van der Waals surface area contributed by atoms with E-state index in [9.17, 15) is 14.4 Å². The fourth-order valence-corrected chi connectivity index (χ4v) is 4.07. The minimum atomic E-state index is -0.912. The molecule has 2 aromatic carbocycles. The Balaban J connectivity index is 1.24. The number of amides is 2. The molecule has 1 unspecified atom stereocenters. The zero-order valence-electron chi connectivity index (χ0n) is 19.9. The Bertz CT molecular complexity index is 1310. The molecule has 1 aliphatic heterocycles. The van der Waals surface area contributed by atoms with E-state index >= 15 is 0 Å². The van der Waals surface area contributed by atoms with Gasteiger partial charge in [0.2, 0.25) is 5.82 Å². The van der Waals surface area contributed by atoms with Crippen molar-refractivity contribution in [1.82, 2.24) is 20.5 Å². The van der Waals surface area contributed by atoms with Gasteiger partial charge in [-0.2, -0.15) is 0 Å². The molecule has 0 saturated heterocycles. The van der Waals surface area contributed by atoms with Gasteiger partial charge in [-0.3, -0.25) is 19.5 Å². The first kappa shape index (κ1) is 23.5.